The molecule has 28 heavy (non-hydrogen) atoms. The quantitative estimate of drug-likeness (QED) is 0.836. The third-order valence-electron chi connectivity index (χ3n) is 5.66. The molecule has 2 aliphatic rings. The molecule has 1 aliphatic heterocycles. The van der Waals surface area contributed by atoms with Gasteiger partial charge in [-0.3, -0.25) is 9.69 Å². The van der Waals surface area contributed by atoms with Gasteiger partial charge < -0.3 is 10.2 Å². The Hall–Kier alpha value is -2.66. The van der Waals surface area contributed by atoms with Crippen LogP contribution in [0.25, 0.3) is 6.08 Å². The van der Waals surface area contributed by atoms with E-state index in [9.17, 15) is 4.79 Å². The molecule has 5 nitrogen and oxygen atoms in total. The summed E-state index contributed by atoms with van der Waals surface area (Å²) in [5.74, 6) is 1.32. The molecule has 1 saturated carbocycles. The summed E-state index contributed by atoms with van der Waals surface area (Å²) in [5.41, 5.74) is 2.04. The highest BCUT2D eigenvalue weighted by Crippen LogP contribution is 2.27. The van der Waals surface area contributed by atoms with Gasteiger partial charge in [0.1, 0.15) is 5.82 Å². The van der Waals surface area contributed by atoms with Crippen molar-refractivity contribution in [2.24, 2.45) is 5.92 Å². The molecule has 0 bridgehead atoms. The van der Waals surface area contributed by atoms with E-state index in [0.29, 0.717) is 0 Å². The minimum Gasteiger partial charge on any atom is -0.354 e. The molecule has 2 fully saturated rings. The van der Waals surface area contributed by atoms with Crippen molar-refractivity contribution in [1.29, 1.82) is 0 Å². The van der Waals surface area contributed by atoms with Crippen LogP contribution in [0.15, 0.2) is 54.7 Å². The second kappa shape index (κ2) is 9.02. The summed E-state index contributed by atoms with van der Waals surface area (Å²) in [4.78, 5) is 21.4. The summed E-state index contributed by atoms with van der Waals surface area (Å²) >= 11 is 0. The van der Waals surface area contributed by atoms with Gasteiger partial charge in [-0.25, -0.2) is 4.98 Å². The average molecular weight is 377 g/mol. The number of amides is 1. The molecule has 0 unspecified atom stereocenters. The fourth-order valence-electron chi connectivity index (χ4n) is 3.62. The monoisotopic (exact) mass is 376 g/mol. The topological polar surface area (TPSA) is 48.5 Å². The van der Waals surface area contributed by atoms with E-state index in [0.717, 1.165) is 57.1 Å². The number of aromatic nitrogens is 1. The maximum absolute atomic E-state index is 12.0. The standard InChI is InChI=1S/C23H28N4O/c28-23(20-9-4-10-20)25-21-11-12-22(24-18-21)27-16-14-26(15-17-27)13-5-8-19-6-2-1-3-7-19/h1-3,5-8,11-12,18,20H,4,9-10,13-17H2,(H,25,28)/b8-5+. The smallest absolute Gasteiger partial charge is 0.227 e. The fourth-order valence-corrected chi connectivity index (χ4v) is 3.62. The lowest BCUT2D eigenvalue weighted by Gasteiger charge is -2.34. The molecule has 0 radical (unpaired) electrons. The predicted octanol–water partition coefficient (Wildman–Crippen LogP) is 3.66. The number of benzene rings is 1. The lowest BCUT2D eigenvalue weighted by atomic mass is 9.85. The maximum Gasteiger partial charge on any atom is 0.227 e. The van der Waals surface area contributed by atoms with E-state index in [1.807, 2.05) is 18.2 Å². The zero-order chi connectivity index (χ0) is 19.2. The Bertz CT molecular complexity index is 791. The van der Waals surface area contributed by atoms with Crippen molar-refractivity contribution in [3.8, 4) is 0 Å². The number of nitrogens with zero attached hydrogens (tertiary/aromatic N) is 3. The first-order valence-electron chi connectivity index (χ1n) is 10.2. The number of carbonyl (C=O) groups is 1. The largest absolute Gasteiger partial charge is 0.354 e. The van der Waals surface area contributed by atoms with Crippen molar-refractivity contribution < 1.29 is 4.79 Å². The van der Waals surface area contributed by atoms with Crippen LogP contribution in [0.2, 0.25) is 0 Å². The van der Waals surface area contributed by atoms with Gasteiger partial charge in [-0.2, -0.15) is 0 Å². The van der Waals surface area contributed by atoms with E-state index in [2.05, 4.69) is 56.5 Å². The van der Waals surface area contributed by atoms with Crippen molar-refractivity contribution in [3.05, 3.63) is 60.3 Å². The minimum absolute atomic E-state index is 0.137. The summed E-state index contributed by atoms with van der Waals surface area (Å²) < 4.78 is 0. The van der Waals surface area contributed by atoms with Crippen molar-refractivity contribution >= 4 is 23.5 Å². The van der Waals surface area contributed by atoms with Crippen molar-refractivity contribution in [2.45, 2.75) is 19.3 Å². The van der Waals surface area contributed by atoms with Crippen LogP contribution in [0.5, 0.6) is 0 Å². The van der Waals surface area contributed by atoms with Crippen molar-refractivity contribution in [3.63, 3.8) is 0 Å². The van der Waals surface area contributed by atoms with Gasteiger partial charge >= 0.3 is 0 Å². The molecule has 2 heterocycles. The molecule has 1 saturated heterocycles. The Kier molecular flexibility index (Phi) is 6.02. The molecule has 2 aromatic rings. The molecule has 1 aliphatic carbocycles. The zero-order valence-corrected chi connectivity index (χ0v) is 16.3. The van der Waals surface area contributed by atoms with E-state index >= 15 is 0 Å². The summed E-state index contributed by atoms with van der Waals surface area (Å²) in [6.07, 6.45) is 9.40. The van der Waals surface area contributed by atoms with Crippen LogP contribution in [0.3, 0.4) is 0 Å². The van der Waals surface area contributed by atoms with Crippen LogP contribution in [0, 0.1) is 5.92 Å². The molecular weight excluding hydrogens is 348 g/mol. The SMILES string of the molecule is O=C(Nc1ccc(N2CCN(C/C=C/c3ccccc3)CC2)nc1)C1CCC1. The first-order valence-corrected chi connectivity index (χ1v) is 10.2. The van der Waals surface area contributed by atoms with E-state index < -0.39 is 0 Å². The van der Waals surface area contributed by atoms with Crippen LogP contribution in [0.1, 0.15) is 24.8 Å². The Labute approximate surface area is 167 Å². The van der Waals surface area contributed by atoms with Gasteiger partial charge in [0.2, 0.25) is 5.91 Å². The van der Waals surface area contributed by atoms with Crippen molar-refractivity contribution in [1.82, 2.24) is 9.88 Å². The molecule has 0 atom stereocenters. The van der Waals surface area contributed by atoms with Gasteiger partial charge in [0.15, 0.2) is 0 Å². The normalized spacial score (nSPS) is 18.2. The first-order chi connectivity index (χ1) is 13.8. The Morgan fingerprint density at radius 1 is 1.07 bits per heavy atom. The molecule has 4 rings (SSSR count). The van der Waals surface area contributed by atoms with Gasteiger partial charge in [0, 0.05) is 38.6 Å². The summed E-state index contributed by atoms with van der Waals surface area (Å²) in [5, 5.41) is 2.98. The third kappa shape index (κ3) is 4.78. The maximum atomic E-state index is 12.0. The van der Waals surface area contributed by atoms with E-state index in [-0.39, 0.29) is 11.8 Å². The molecular formula is C23H28N4O. The fraction of sp³-hybridized carbons (Fsp3) is 0.391. The average Bonchev–Trinajstić information content (AvgIpc) is 2.69. The van der Waals surface area contributed by atoms with Crippen LogP contribution < -0.4 is 10.2 Å². The lowest BCUT2D eigenvalue weighted by molar-refractivity contribution is -0.122. The third-order valence-corrected chi connectivity index (χ3v) is 5.66. The molecule has 0 spiro atoms. The summed E-state index contributed by atoms with van der Waals surface area (Å²) in [7, 11) is 0. The molecule has 1 aromatic carbocycles. The Balaban J connectivity index is 1.23. The van der Waals surface area contributed by atoms with E-state index in [1.54, 1.807) is 6.20 Å². The number of carbonyl (C=O) groups excluding carboxylic acids is 1. The number of hydrogen-bond donors (Lipinski definition) is 1. The number of rotatable bonds is 6. The number of anilines is 2. The van der Waals surface area contributed by atoms with E-state index in [1.165, 1.54) is 12.0 Å². The summed E-state index contributed by atoms with van der Waals surface area (Å²) in [6.45, 7) is 4.98. The highest BCUT2D eigenvalue weighted by Gasteiger charge is 2.25. The molecule has 1 N–H and O–H groups in total. The van der Waals surface area contributed by atoms with Gasteiger partial charge in [0.25, 0.3) is 0 Å². The number of nitrogens with one attached hydrogen (secondary N) is 1. The van der Waals surface area contributed by atoms with Crippen LogP contribution in [0.4, 0.5) is 11.5 Å². The molecule has 5 heteroatoms. The van der Waals surface area contributed by atoms with E-state index in [4.69, 9.17) is 0 Å². The highest BCUT2D eigenvalue weighted by atomic mass is 16.1. The highest BCUT2D eigenvalue weighted by molar-refractivity contribution is 5.92. The Morgan fingerprint density at radius 2 is 1.86 bits per heavy atom. The number of hydrogen-bond acceptors (Lipinski definition) is 4. The molecule has 146 valence electrons. The lowest BCUT2D eigenvalue weighted by Crippen LogP contribution is -2.46. The molecule has 1 aromatic heterocycles. The molecule has 1 amide bonds. The minimum atomic E-state index is 0.137. The van der Waals surface area contributed by atoms with Crippen molar-refractivity contribution in [2.75, 3.05) is 42.9 Å². The van der Waals surface area contributed by atoms with Gasteiger partial charge in [-0.1, -0.05) is 48.9 Å². The Morgan fingerprint density at radius 3 is 2.50 bits per heavy atom. The zero-order valence-electron chi connectivity index (χ0n) is 16.3. The second-order valence-corrected chi connectivity index (χ2v) is 7.62. The number of piperazine rings is 1. The van der Waals surface area contributed by atoms with Crippen LogP contribution in [-0.4, -0.2) is 48.5 Å². The van der Waals surface area contributed by atoms with Gasteiger partial charge in [-0.15, -0.1) is 0 Å². The van der Waals surface area contributed by atoms with Crippen LogP contribution >= 0.6 is 0 Å². The first kappa shape index (κ1) is 18.7. The summed E-state index contributed by atoms with van der Waals surface area (Å²) in [6, 6.07) is 14.4. The predicted molar refractivity (Wildman–Crippen MR) is 114 cm³/mol. The van der Waals surface area contributed by atoms with Crippen LogP contribution in [-0.2, 0) is 4.79 Å². The number of pyridine rings is 1. The van der Waals surface area contributed by atoms with Gasteiger partial charge in [-0.05, 0) is 30.5 Å². The van der Waals surface area contributed by atoms with Gasteiger partial charge in [0.05, 0.1) is 11.9 Å². The second-order valence-electron chi connectivity index (χ2n) is 7.62.